The second-order valence-corrected chi connectivity index (χ2v) is 16.5. The fourth-order valence-electron chi connectivity index (χ4n) is 7.16. The number of carbonyl (C=O) groups excluding carboxylic acids is 4. The minimum atomic E-state index is -1.50. The smallest absolute Gasteiger partial charge is 0.306 e. The normalized spacial score (nSPS) is 27.6. The van der Waals surface area contributed by atoms with Gasteiger partial charge in [-0.15, -0.1) is 0 Å². The van der Waals surface area contributed by atoms with Crippen LogP contribution in [0.4, 0.5) is 0 Å². The van der Waals surface area contributed by atoms with Crippen LogP contribution in [0, 0.1) is 0 Å². The summed E-state index contributed by atoms with van der Waals surface area (Å²) in [5.74, 6) is -3.95. The lowest BCUT2D eigenvalue weighted by Crippen LogP contribution is -2.63. The Bertz CT molecular complexity index is 1220. The van der Waals surface area contributed by atoms with E-state index in [1.165, 1.54) is 0 Å². The molecule has 3 aliphatic heterocycles. The lowest BCUT2D eigenvalue weighted by atomic mass is 9.98. The minimum absolute atomic E-state index is 0.0829. The highest BCUT2D eigenvalue weighted by Crippen LogP contribution is 2.36. The number of ether oxygens (including phenoxy) is 9. The van der Waals surface area contributed by atoms with Gasteiger partial charge in [0.05, 0.1) is 6.61 Å². The van der Waals surface area contributed by atoms with E-state index in [1.54, 1.807) is 13.8 Å². The first-order valence-electron chi connectivity index (χ1n) is 22.1. The third-order valence-electron chi connectivity index (χ3n) is 10.3. The molecule has 0 saturated carbocycles. The van der Waals surface area contributed by atoms with Crippen molar-refractivity contribution in [1.29, 1.82) is 0 Å². The van der Waals surface area contributed by atoms with Gasteiger partial charge >= 0.3 is 23.9 Å². The van der Waals surface area contributed by atoms with E-state index in [-0.39, 0.29) is 45.5 Å². The van der Waals surface area contributed by atoms with Crippen LogP contribution < -0.4 is 0 Å². The Balaban J connectivity index is 1.93. The third kappa shape index (κ3) is 17.7. The summed E-state index contributed by atoms with van der Waals surface area (Å²) in [4.78, 5) is 64.9. The van der Waals surface area contributed by atoms with E-state index >= 15 is 0 Å². The van der Waals surface area contributed by atoms with Crippen LogP contribution in [0.5, 0.6) is 0 Å². The summed E-state index contributed by atoms with van der Waals surface area (Å²) < 4.78 is 54.4. The minimum Gasteiger partial charge on any atom is -0.463 e. The van der Waals surface area contributed by atoms with E-state index in [2.05, 4.69) is 6.92 Å². The van der Waals surface area contributed by atoms with E-state index in [1.807, 2.05) is 34.6 Å². The first kappa shape index (κ1) is 50.0. The lowest BCUT2D eigenvalue weighted by Gasteiger charge is -2.43. The first-order chi connectivity index (χ1) is 27.7. The predicted molar refractivity (Wildman–Crippen MR) is 211 cm³/mol. The Hall–Kier alpha value is -2.40. The molecule has 0 aromatic carbocycles. The summed E-state index contributed by atoms with van der Waals surface area (Å²) in [7, 11) is 0. The second kappa shape index (κ2) is 26.0. The molecule has 0 amide bonds. The Morgan fingerprint density at radius 2 is 1.03 bits per heavy atom. The zero-order valence-corrected chi connectivity index (χ0v) is 36.6. The fourth-order valence-corrected chi connectivity index (χ4v) is 7.16. The van der Waals surface area contributed by atoms with Gasteiger partial charge in [0.15, 0.2) is 29.9 Å². The van der Waals surface area contributed by atoms with E-state index < -0.39 is 84.5 Å². The summed E-state index contributed by atoms with van der Waals surface area (Å²) in [6.45, 7) is 15.1. The van der Waals surface area contributed by atoms with E-state index in [0.29, 0.717) is 25.7 Å². The Morgan fingerprint density at radius 3 is 1.59 bits per heavy atom. The van der Waals surface area contributed by atoms with Crippen LogP contribution in [-0.4, -0.2) is 104 Å². The molecule has 336 valence electrons. The molecular formula is C43H74O15. The van der Waals surface area contributed by atoms with Crippen LogP contribution in [0.25, 0.3) is 0 Å². The summed E-state index contributed by atoms with van der Waals surface area (Å²) in [6, 6.07) is 0. The summed E-state index contributed by atoms with van der Waals surface area (Å²) in [5, 5.41) is 0. The molecule has 3 heterocycles. The van der Waals surface area contributed by atoms with E-state index in [4.69, 9.17) is 52.4 Å². The SMILES string of the molecule is CCCCCCCC(=O)O[C@@H]1[C@H](OOC[C@H]2OC(C)(C)O[C@@H]2[C@H]2COC(C)(C)O2)O[C@H](COC(=O)CCCCC)[C@@H](OC(=O)CCCCC)[C@@H]1OC(=O)CCCCC. The molecule has 3 saturated heterocycles. The van der Waals surface area contributed by atoms with Gasteiger partial charge in [0.2, 0.25) is 6.29 Å². The average molecular weight is 831 g/mol. The first-order valence-corrected chi connectivity index (χ1v) is 22.1. The van der Waals surface area contributed by atoms with Crippen molar-refractivity contribution >= 4 is 23.9 Å². The maximum atomic E-state index is 13.5. The van der Waals surface area contributed by atoms with Crippen LogP contribution in [0.2, 0.25) is 0 Å². The zero-order chi connectivity index (χ0) is 42.6. The summed E-state index contributed by atoms with van der Waals surface area (Å²) >= 11 is 0. The van der Waals surface area contributed by atoms with Gasteiger partial charge in [-0.1, -0.05) is 91.9 Å². The molecule has 15 nitrogen and oxygen atoms in total. The molecule has 8 atom stereocenters. The van der Waals surface area contributed by atoms with Gasteiger partial charge in [-0.2, -0.15) is 0 Å². The standard InChI is InChI=1S/C43H74O15/c1-9-13-17-18-22-26-36(47)54-40-39(53-35(46)25-21-16-12-4)38(52-34(45)24-20-15-11-3)30(27-48-33(44)23-19-14-10-2)51-41(40)58-50-29-32-37(57-43(7,8)56-32)31-28-49-42(5,6)55-31/h30-32,37-41H,9-29H2,1-8H3/t30-,31-,32-,37-,38-,39+,40+,41+/m1/s1. The van der Waals surface area contributed by atoms with E-state index in [0.717, 1.165) is 64.2 Å². The molecular weight excluding hydrogens is 756 g/mol. The molecule has 0 unspecified atom stereocenters. The van der Waals surface area contributed by atoms with Crippen LogP contribution >= 0.6 is 0 Å². The van der Waals surface area contributed by atoms with Crippen molar-refractivity contribution in [3.8, 4) is 0 Å². The van der Waals surface area contributed by atoms with Gasteiger partial charge < -0.3 is 42.6 Å². The number of hydrogen-bond donors (Lipinski definition) is 0. The van der Waals surface area contributed by atoms with Crippen LogP contribution in [0.3, 0.4) is 0 Å². The average Bonchev–Trinajstić information content (AvgIpc) is 3.69. The molecule has 0 aromatic rings. The maximum Gasteiger partial charge on any atom is 0.306 e. The topological polar surface area (TPSA) is 170 Å². The maximum absolute atomic E-state index is 13.5. The lowest BCUT2D eigenvalue weighted by molar-refractivity contribution is -0.429. The fraction of sp³-hybridized carbons (Fsp3) is 0.907. The second-order valence-electron chi connectivity index (χ2n) is 16.5. The molecule has 3 aliphatic rings. The molecule has 0 aromatic heterocycles. The molecule has 0 bridgehead atoms. The van der Waals surface area contributed by atoms with Crippen molar-refractivity contribution < 1.29 is 71.6 Å². The van der Waals surface area contributed by atoms with Crippen molar-refractivity contribution in [3.05, 3.63) is 0 Å². The highest BCUT2D eigenvalue weighted by Gasteiger charge is 2.55. The molecule has 0 radical (unpaired) electrons. The number of hydrogen-bond acceptors (Lipinski definition) is 15. The zero-order valence-electron chi connectivity index (χ0n) is 36.6. The monoisotopic (exact) mass is 831 g/mol. The van der Waals surface area contributed by atoms with E-state index in [9.17, 15) is 19.2 Å². The quantitative estimate of drug-likeness (QED) is 0.0247. The van der Waals surface area contributed by atoms with Gasteiger partial charge in [-0.25, -0.2) is 9.78 Å². The van der Waals surface area contributed by atoms with Crippen molar-refractivity contribution in [3.63, 3.8) is 0 Å². The summed E-state index contributed by atoms with van der Waals surface area (Å²) in [6.07, 6.45) is 3.39. The highest BCUT2D eigenvalue weighted by atomic mass is 17.2. The molecule has 3 rings (SSSR count). The van der Waals surface area contributed by atoms with Crippen LogP contribution in [-0.2, 0) is 71.6 Å². The van der Waals surface area contributed by atoms with Crippen molar-refractivity contribution in [2.75, 3.05) is 19.8 Å². The predicted octanol–water partition coefficient (Wildman–Crippen LogP) is 7.71. The molecule has 3 fully saturated rings. The highest BCUT2D eigenvalue weighted by molar-refractivity contribution is 5.72. The van der Waals surface area contributed by atoms with Gasteiger partial charge in [-0.3, -0.25) is 19.2 Å². The molecule has 0 aliphatic carbocycles. The number of unbranched alkanes of at least 4 members (excludes halogenated alkanes) is 10. The Kier molecular flexibility index (Phi) is 22.4. The number of rotatable bonds is 28. The molecule has 0 N–H and O–H groups in total. The largest absolute Gasteiger partial charge is 0.463 e. The van der Waals surface area contributed by atoms with Crippen molar-refractivity contribution in [2.45, 2.75) is 232 Å². The van der Waals surface area contributed by atoms with Crippen molar-refractivity contribution in [1.82, 2.24) is 0 Å². The molecule has 0 spiro atoms. The van der Waals surface area contributed by atoms with Gasteiger partial charge in [0.25, 0.3) is 0 Å². The van der Waals surface area contributed by atoms with Crippen molar-refractivity contribution in [2.24, 2.45) is 0 Å². The Labute approximate surface area is 346 Å². The number of esters is 4. The third-order valence-corrected chi connectivity index (χ3v) is 10.3. The molecule has 15 heteroatoms. The number of carbonyl (C=O) groups is 4. The van der Waals surface area contributed by atoms with Gasteiger partial charge in [0.1, 0.15) is 37.6 Å². The van der Waals surface area contributed by atoms with Gasteiger partial charge in [-0.05, 0) is 53.4 Å². The molecule has 58 heavy (non-hydrogen) atoms. The van der Waals surface area contributed by atoms with Crippen LogP contribution in [0.15, 0.2) is 0 Å². The summed E-state index contributed by atoms with van der Waals surface area (Å²) in [5.41, 5.74) is 0. The Morgan fingerprint density at radius 1 is 0.534 bits per heavy atom. The van der Waals surface area contributed by atoms with Gasteiger partial charge in [0, 0.05) is 25.7 Å². The van der Waals surface area contributed by atoms with Crippen LogP contribution in [0.1, 0.15) is 171 Å².